The normalized spacial score (nSPS) is 18.6. The Hall–Kier alpha value is -0.130. The van der Waals surface area contributed by atoms with Crippen LogP contribution in [-0.2, 0) is 10.0 Å². The summed E-state index contributed by atoms with van der Waals surface area (Å²) in [6.07, 6.45) is 2.33. The minimum absolute atomic E-state index is 0.0556. The molecular weight excluding hydrogens is 164 g/mol. The molecule has 0 aromatic carbocycles. The van der Waals surface area contributed by atoms with Gasteiger partial charge in [-0.05, 0) is 12.8 Å². The van der Waals surface area contributed by atoms with Crippen LogP contribution in [0.3, 0.4) is 0 Å². The third-order valence-electron chi connectivity index (χ3n) is 1.56. The minimum atomic E-state index is -3.22. The van der Waals surface area contributed by atoms with Crippen molar-refractivity contribution < 1.29 is 8.42 Å². The Balaban J connectivity index is 2.09. The van der Waals surface area contributed by atoms with Crippen molar-refractivity contribution >= 4 is 10.0 Å². The molecule has 0 heterocycles. The average Bonchev–Trinajstić information content (AvgIpc) is 2.71. The van der Waals surface area contributed by atoms with E-state index in [9.17, 15) is 8.42 Å². The Morgan fingerprint density at radius 1 is 1.45 bits per heavy atom. The minimum Gasteiger partial charge on any atom is -0.313 e. The molecule has 1 rings (SSSR count). The molecule has 0 aromatic heterocycles. The van der Waals surface area contributed by atoms with Crippen LogP contribution < -0.4 is 10.0 Å². The van der Waals surface area contributed by atoms with E-state index in [1.807, 2.05) is 0 Å². The van der Waals surface area contributed by atoms with Gasteiger partial charge in [0.05, 0.1) is 12.8 Å². The molecule has 11 heavy (non-hydrogen) atoms. The van der Waals surface area contributed by atoms with E-state index >= 15 is 0 Å². The first-order valence-corrected chi connectivity index (χ1v) is 5.23. The lowest BCUT2D eigenvalue weighted by Crippen LogP contribution is -2.29. The number of hydrogen-bond donors (Lipinski definition) is 2. The summed E-state index contributed by atoms with van der Waals surface area (Å²) in [6.45, 7) is 0.483. The topological polar surface area (TPSA) is 58.2 Å². The molecule has 0 bridgehead atoms. The maximum atomic E-state index is 10.7. The van der Waals surface area contributed by atoms with E-state index in [0.717, 1.165) is 12.8 Å². The van der Waals surface area contributed by atoms with Gasteiger partial charge in [0.2, 0.25) is 10.0 Å². The van der Waals surface area contributed by atoms with Gasteiger partial charge < -0.3 is 5.32 Å². The van der Waals surface area contributed by atoms with Crippen molar-refractivity contribution in [1.82, 2.24) is 10.0 Å². The van der Waals surface area contributed by atoms with Gasteiger partial charge in [0.1, 0.15) is 0 Å². The molecule has 2 radical (unpaired) electrons. The van der Waals surface area contributed by atoms with Crippen LogP contribution in [-0.4, -0.2) is 26.8 Å². The molecule has 4 nitrogen and oxygen atoms in total. The summed E-state index contributed by atoms with van der Waals surface area (Å²) < 4.78 is 23.2. The molecule has 1 aliphatic rings. The third-order valence-corrected chi connectivity index (χ3v) is 2.66. The largest absolute Gasteiger partial charge is 0.313 e. The van der Waals surface area contributed by atoms with Crippen LogP contribution in [0.1, 0.15) is 12.8 Å². The lowest BCUT2D eigenvalue weighted by Gasteiger charge is -2.02. The summed E-state index contributed by atoms with van der Waals surface area (Å²) in [5, 5.41) is 3.07. The monoisotopic (exact) mass is 176 g/mol. The summed E-state index contributed by atoms with van der Waals surface area (Å²) in [5.41, 5.74) is 0. The van der Waals surface area contributed by atoms with Gasteiger partial charge in [0.25, 0.3) is 0 Å². The molecule has 0 aliphatic heterocycles. The zero-order valence-electron chi connectivity index (χ0n) is 6.21. The fourth-order valence-corrected chi connectivity index (χ4v) is 1.25. The third kappa shape index (κ3) is 3.69. The highest BCUT2D eigenvalue weighted by atomic mass is 32.2. The van der Waals surface area contributed by atoms with Gasteiger partial charge in [0.15, 0.2) is 0 Å². The van der Waals surface area contributed by atoms with Crippen molar-refractivity contribution in [2.24, 2.45) is 0 Å². The van der Waals surface area contributed by atoms with E-state index in [-0.39, 0.29) is 5.75 Å². The molecule has 0 saturated heterocycles. The molecular formula is C6H12N2O2S. The average molecular weight is 176 g/mol. The quantitative estimate of drug-likeness (QED) is 0.546. The Bertz CT molecular complexity index is 209. The van der Waals surface area contributed by atoms with Gasteiger partial charge in [-0.15, -0.1) is 0 Å². The number of nitrogens with one attached hydrogen (secondary N) is 2. The summed E-state index contributed by atoms with van der Waals surface area (Å²) in [4.78, 5) is 0. The second kappa shape index (κ2) is 3.51. The van der Waals surface area contributed by atoms with E-state index in [0.29, 0.717) is 12.6 Å². The van der Waals surface area contributed by atoms with Crippen LogP contribution in [0, 0.1) is 7.05 Å². The first-order chi connectivity index (χ1) is 5.14. The molecule has 0 spiro atoms. The van der Waals surface area contributed by atoms with Crippen LogP contribution >= 0.6 is 0 Å². The second-order valence-electron chi connectivity index (χ2n) is 2.67. The van der Waals surface area contributed by atoms with Crippen LogP contribution in [0.5, 0.6) is 0 Å². The molecule has 0 atom stereocenters. The van der Waals surface area contributed by atoms with E-state index in [1.54, 1.807) is 4.72 Å². The summed E-state index contributed by atoms with van der Waals surface area (Å²) >= 11 is 0. The molecule has 0 unspecified atom stereocenters. The first kappa shape index (κ1) is 8.96. The van der Waals surface area contributed by atoms with E-state index in [1.165, 1.54) is 0 Å². The van der Waals surface area contributed by atoms with Gasteiger partial charge in [-0.25, -0.2) is 13.1 Å². The van der Waals surface area contributed by atoms with Crippen molar-refractivity contribution in [2.45, 2.75) is 18.9 Å². The van der Waals surface area contributed by atoms with Gasteiger partial charge in [-0.1, -0.05) is 0 Å². The lowest BCUT2D eigenvalue weighted by atomic mass is 10.6. The summed E-state index contributed by atoms with van der Waals surface area (Å²) in [6, 6.07) is 0.544. The molecule has 0 aromatic rings. The number of hydrogen-bond acceptors (Lipinski definition) is 3. The van der Waals surface area contributed by atoms with Crippen molar-refractivity contribution in [3.05, 3.63) is 7.05 Å². The van der Waals surface area contributed by atoms with Crippen molar-refractivity contribution in [3.8, 4) is 0 Å². The van der Waals surface area contributed by atoms with Crippen LogP contribution in [0.15, 0.2) is 0 Å². The second-order valence-corrected chi connectivity index (χ2v) is 4.54. The fourth-order valence-electron chi connectivity index (χ4n) is 0.744. The first-order valence-electron chi connectivity index (χ1n) is 3.57. The Morgan fingerprint density at radius 3 is 2.55 bits per heavy atom. The van der Waals surface area contributed by atoms with Crippen LogP contribution in [0.4, 0.5) is 0 Å². The molecule has 2 N–H and O–H groups in total. The van der Waals surface area contributed by atoms with Gasteiger partial charge in [-0.2, -0.15) is 0 Å². The Labute approximate surface area is 67.4 Å². The van der Waals surface area contributed by atoms with E-state index in [2.05, 4.69) is 5.32 Å². The van der Waals surface area contributed by atoms with Crippen molar-refractivity contribution in [3.63, 3.8) is 0 Å². The predicted octanol–water partition coefficient (Wildman–Crippen LogP) is -0.674. The predicted molar refractivity (Wildman–Crippen MR) is 42.2 cm³/mol. The Kier molecular flexibility index (Phi) is 2.86. The maximum absolute atomic E-state index is 10.7. The Morgan fingerprint density at radius 2 is 2.09 bits per heavy atom. The molecule has 1 aliphatic carbocycles. The number of rotatable bonds is 5. The van der Waals surface area contributed by atoms with Crippen molar-refractivity contribution in [1.29, 1.82) is 0 Å². The van der Waals surface area contributed by atoms with Gasteiger partial charge in [-0.3, -0.25) is 0 Å². The fraction of sp³-hybridized carbons (Fsp3) is 0.833. The zero-order chi connectivity index (χ0) is 8.32. The zero-order valence-corrected chi connectivity index (χ0v) is 7.02. The molecule has 1 saturated carbocycles. The van der Waals surface area contributed by atoms with Crippen LogP contribution in [0.2, 0.25) is 0 Å². The standard InChI is InChI=1S/C6H12N2O2S/c1-7-11(9,10)5-4-8-6-2-3-6/h1,6-8H,2-5H2. The molecule has 5 heteroatoms. The van der Waals surface area contributed by atoms with E-state index in [4.69, 9.17) is 7.05 Å². The highest BCUT2D eigenvalue weighted by molar-refractivity contribution is 7.89. The van der Waals surface area contributed by atoms with E-state index < -0.39 is 10.0 Å². The highest BCUT2D eigenvalue weighted by Crippen LogP contribution is 2.17. The maximum Gasteiger partial charge on any atom is 0.213 e. The molecule has 64 valence electrons. The molecule has 0 amide bonds. The lowest BCUT2D eigenvalue weighted by molar-refractivity contribution is 0.585. The molecule has 1 fully saturated rings. The van der Waals surface area contributed by atoms with Gasteiger partial charge in [0, 0.05) is 12.6 Å². The SMILES string of the molecule is [CH]NS(=O)(=O)CCNC1CC1. The summed E-state index contributed by atoms with van der Waals surface area (Å²) in [5.74, 6) is 0.0556. The smallest absolute Gasteiger partial charge is 0.213 e. The van der Waals surface area contributed by atoms with Crippen LogP contribution in [0.25, 0.3) is 0 Å². The summed E-state index contributed by atoms with van der Waals surface area (Å²) in [7, 11) is 1.55. The highest BCUT2D eigenvalue weighted by Gasteiger charge is 2.20. The van der Waals surface area contributed by atoms with Gasteiger partial charge >= 0.3 is 0 Å². The van der Waals surface area contributed by atoms with Crippen molar-refractivity contribution in [2.75, 3.05) is 12.3 Å². The number of sulfonamides is 1.